The second kappa shape index (κ2) is 8.29. The molecule has 1 aromatic carbocycles. The molecule has 154 valence electrons. The fourth-order valence-electron chi connectivity index (χ4n) is 4.91. The molecule has 1 spiro atoms. The Kier molecular flexibility index (Phi) is 5.78. The SMILES string of the molecule is COc1cc(OC)cc(C(=O)N2CCC3(CC2)COC(CN2CCCC2)C3)c1. The highest BCUT2D eigenvalue weighted by molar-refractivity contribution is 5.95. The number of methoxy groups -OCH3 is 2. The van der Waals surface area contributed by atoms with Gasteiger partial charge in [0.25, 0.3) is 5.91 Å². The van der Waals surface area contributed by atoms with Gasteiger partial charge in [-0.05, 0) is 62.7 Å². The Labute approximate surface area is 167 Å². The van der Waals surface area contributed by atoms with E-state index in [1.165, 1.54) is 25.9 Å². The van der Waals surface area contributed by atoms with E-state index in [0.29, 0.717) is 23.2 Å². The Morgan fingerprint density at radius 2 is 1.71 bits per heavy atom. The Morgan fingerprint density at radius 1 is 1.07 bits per heavy atom. The lowest BCUT2D eigenvalue weighted by Crippen LogP contribution is -2.43. The molecule has 6 nitrogen and oxygen atoms in total. The number of ether oxygens (including phenoxy) is 3. The quantitative estimate of drug-likeness (QED) is 0.776. The van der Waals surface area contributed by atoms with Gasteiger partial charge in [-0.15, -0.1) is 0 Å². The lowest BCUT2D eigenvalue weighted by molar-refractivity contribution is 0.0459. The molecule has 1 unspecified atom stereocenters. The molecule has 0 saturated carbocycles. The molecule has 1 atom stereocenters. The van der Waals surface area contributed by atoms with Crippen molar-refractivity contribution in [2.45, 2.75) is 38.2 Å². The summed E-state index contributed by atoms with van der Waals surface area (Å²) in [5, 5.41) is 0. The highest BCUT2D eigenvalue weighted by atomic mass is 16.5. The van der Waals surface area contributed by atoms with Crippen LogP contribution in [0.1, 0.15) is 42.5 Å². The molecular formula is C22H32N2O4. The van der Waals surface area contributed by atoms with Gasteiger partial charge in [0.1, 0.15) is 11.5 Å². The summed E-state index contributed by atoms with van der Waals surface area (Å²) in [4.78, 5) is 17.5. The van der Waals surface area contributed by atoms with E-state index < -0.39 is 0 Å². The number of likely N-dealkylation sites (tertiary alicyclic amines) is 2. The van der Waals surface area contributed by atoms with Crippen molar-refractivity contribution in [2.75, 3.05) is 53.6 Å². The normalized spacial score (nSPS) is 24.6. The van der Waals surface area contributed by atoms with Gasteiger partial charge in [0, 0.05) is 31.3 Å². The molecule has 6 heteroatoms. The zero-order valence-corrected chi connectivity index (χ0v) is 17.1. The highest BCUT2D eigenvalue weighted by Gasteiger charge is 2.43. The van der Waals surface area contributed by atoms with Gasteiger partial charge in [0.05, 0.1) is 26.9 Å². The zero-order valence-electron chi connectivity index (χ0n) is 17.1. The Balaban J connectivity index is 1.34. The number of carbonyl (C=O) groups is 1. The lowest BCUT2D eigenvalue weighted by atomic mass is 9.76. The molecule has 0 aromatic heterocycles. The van der Waals surface area contributed by atoms with E-state index >= 15 is 0 Å². The molecule has 3 saturated heterocycles. The second-order valence-corrected chi connectivity index (χ2v) is 8.54. The maximum atomic E-state index is 13.0. The number of rotatable bonds is 5. The van der Waals surface area contributed by atoms with Crippen LogP contribution in [-0.4, -0.2) is 75.4 Å². The molecule has 0 radical (unpaired) electrons. The first kappa shape index (κ1) is 19.5. The van der Waals surface area contributed by atoms with E-state index in [1.54, 1.807) is 32.4 Å². The topological polar surface area (TPSA) is 51.2 Å². The van der Waals surface area contributed by atoms with E-state index in [2.05, 4.69) is 4.90 Å². The summed E-state index contributed by atoms with van der Waals surface area (Å²) in [6.45, 7) is 5.95. The van der Waals surface area contributed by atoms with Gasteiger partial charge in [-0.2, -0.15) is 0 Å². The van der Waals surface area contributed by atoms with Crippen LogP contribution in [0.2, 0.25) is 0 Å². The summed E-state index contributed by atoms with van der Waals surface area (Å²) in [7, 11) is 3.21. The van der Waals surface area contributed by atoms with Crippen molar-refractivity contribution in [3.8, 4) is 11.5 Å². The van der Waals surface area contributed by atoms with Crippen LogP contribution < -0.4 is 9.47 Å². The first-order valence-electron chi connectivity index (χ1n) is 10.5. The molecular weight excluding hydrogens is 356 g/mol. The van der Waals surface area contributed by atoms with Crippen molar-refractivity contribution in [1.29, 1.82) is 0 Å². The third-order valence-corrected chi connectivity index (χ3v) is 6.66. The molecule has 1 aromatic rings. The fourth-order valence-corrected chi connectivity index (χ4v) is 4.91. The maximum absolute atomic E-state index is 13.0. The number of amides is 1. The second-order valence-electron chi connectivity index (χ2n) is 8.54. The van der Waals surface area contributed by atoms with Gasteiger partial charge in [0.2, 0.25) is 0 Å². The molecule has 1 amide bonds. The summed E-state index contributed by atoms with van der Waals surface area (Å²) in [5.74, 6) is 1.34. The molecule has 3 aliphatic rings. The molecule has 0 aliphatic carbocycles. The molecule has 28 heavy (non-hydrogen) atoms. The van der Waals surface area contributed by atoms with Crippen molar-refractivity contribution in [3.05, 3.63) is 23.8 Å². The van der Waals surface area contributed by atoms with Gasteiger partial charge in [-0.1, -0.05) is 0 Å². The zero-order chi connectivity index (χ0) is 19.6. The van der Waals surface area contributed by atoms with Crippen LogP contribution in [0.25, 0.3) is 0 Å². The van der Waals surface area contributed by atoms with Crippen LogP contribution in [-0.2, 0) is 4.74 Å². The average Bonchev–Trinajstić information content (AvgIpc) is 3.38. The van der Waals surface area contributed by atoms with Crippen molar-refractivity contribution < 1.29 is 19.0 Å². The maximum Gasteiger partial charge on any atom is 0.254 e. The van der Waals surface area contributed by atoms with E-state index in [9.17, 15) is 4.79 Å². The Bertz CT molecular complexity index is 672. The molecule has 4 rings (SSSR count). The number of benzene rings is 1. The van der Waals surface area contributed by atoms with Crippen LogP contribution in [0.5, 0.6) is 11.5 Å². The third kappa shape index (κ3) is 4.13. The van der Waals surface area contributed by atoms with Gasteiger partial charge in [0.15, 0.2) is 0 Å². The van der Waals surface area contributed by atoms with Crippen LogP contribution in [0.4, 0.5) is 0 Å². The summed E-state index contributed by atoms with van der Waals surface area (Å²) in [6, 6.07) is 5.37. The lowest BCUT2D eigenvalue weighted by Gasteiger charge is -2.38. The van der Waals surface area contributed by atoms with Crippen LogP contribution in [0, 0.1) is 5.41 Å². The minimum absolute atomic E-state index is 0.0552. The number of piperidine rings is 1. The van der Waals surface area contributed by atoms with E-state index in [0.717, 1.165) is 45.5 Å². The average molecular weight is 389 g/mol. The van der Waals surface area contributed by atoms with Gasteiger partial charge in [-0.3, -0.25) is 4.79 Å². The van der Waals surface area contributed by atoms with Crippen molar-refractivity contribution >= 4 is 5.91 Å². The first-order valence-corrected chi connectivity index (χ1v) is 10.5. The number of hydrogen-bond acceptors (Lipinski definition) is 5. The summed E-state index contributed by atoms with van der Waals surface area (Å²) >= 11 is 0. The molecule has 0 bridgehead atoms. The summed E-state index contributed by atoms with van der Waals surface area (Å²) in [5.41, 5.74) is 0.884. The molecule has 0 N–H and O–H groups in total. The third-order valence-electron chi connectivity index (χ3n) is 6.66. The molecule has 3 heterocycles. The van der Waals surface area contributed by atoms with E-state index in [-0.39, 0.29) is 11.3 Å². The Hall–Kier alpha value is -1.79. The predicted octanol–water partition coefficient (Wildman–Crippen LogP) is 2.81. The molecule has 3 fully saturated rings. The van der Waals surface area contributed by atoms with Crippen molar-refractivity contribution in [2.24, 2.45) is 5.41 Å². The largest absolute Gasteiger partial charge is 0.497 e. The van der Waals surface area contributed by atoms with Gasteiger partial charge >= 0.3 is 0 Å². The van der Waals surface area contributed by atoms with E-state index in [4.69, 9.17) is 14.2 Å². The van der Waals surface area contributed by atoms with Gasteiger partial charge < -0.3 is 24.0 Å². The monoisotopic (exact) mass is 388 g/mol. The van der Waals surface area contributed by atoms with Crippen LogP contribution in [0.15, 0.2) is 18.2 Å². The molecule has 3 aliphatic heterocycles. The summed E-state index contributed by atoms with van der Waals surface area (Å²) < 4.78 is 16.8. The smallest absolute Gasteiger partial charge is 0.254 e. The van der Waals surface area contributed by atoms with Crippen LogP contribution >= 0.6 is 0 Å². The van der Waals surface area contributed by atoms with Crippen molar-refractivity contribution in [3.63, 3.8) is 0 Å². The minimum atomic E-state index is 0.0552. The minimum Gasteiger partial charge on any atom is -0.497 e. The first-order chi connectivity index (χ1) is 13.6. The van der Waals surface area contributed by atoms with E-state index in [1.807, 2.05) is 4.90 Å². The van der Waals surface area contributed by atoms with Crippen LogP contribution in [0.3, 0.4) is 0 Å². The Morgan fingerprint density at radius 3 is 2.32 bits per heavy atom. The number of nitrogens with zero attached hydrogens (tertiary/aromatic N) is 2. The highest BCUT2D eigenvalue weighted by Crippen LogP contribution is 2.42. The summed E-state index contributed by atoms with van der Waals surface area (Å²) in [6.07, 6.45) is 6.20. The standard InChI is InChI=1S/C22H32N2O4/c1-26-18-11-17(12-19(13-18)27-2)21(25)24-9-5-22(6-10-24)14-20(28-16-22)15-23-7-3-4-8-23/h11-13,20H,3-10,14-16H2,1-2H3. The fraction of sp³-hybridized carbons (Fsp3) is 0.682. The number of hydrogen-bond donors (Lipinski definition) is 0. The van der Waals surface area contributed by atoms with Crippen molar-refractivity contribution in [1.82, 2.24) is 9.80 Å². The predicted molar refractivity (Wildman–Crippen MR) is 107 cm³/mol. The van der Waals surface area contributed by atoms with Gasteiger partial charge in [-0.25, -0.2) is 0 Å². The number of carbonyl (C=O) groups excluding carboxylic acids is 1.